The first-order valence-corrected chi connectivity index (χ1v) is 5.98. The summed E-state index contributed by atoms with van der Waals surface area (Å²) in [4.78, 5) is 10.7. The molecule has 0 saturated heterocycles. The maximum Gasteiger partial charge on any atom is 0.149 e. The molecule has 0 spiro atoms. The molecule has 0 radical (unpaired) electrons. The van der Waals surface area contributed by atoms with Crippen LogP contribution in [0.2, 0.25) is 0 Å². The zero-order valence-corrected chi connectivity index (χ0v) is 10.4. The van der Waals surface area contributed by atoms with E-state index >= 15 is 0 Å². The number of fused-ring (bicyclic) bond motifs is 1. The average molecular weight is 248 g/mol. The molecular weight excluding hydrogens is 236 g/mol. The van der Waals surface area contributed by atoms with Gasteiger partial charge in [0.15, 0.2) is 0 Å². The molecule has 1 aromatic carbocycles. The standard InChI is InChI=1S/C15H12N4/c1-10-4-5-13-14(7-10)19-15(18-13)11(9-16)8-12-3-2-6-17-12/h2-8,17H,1H3,(H,18,19)/b11-8+. The maximum absolute atomic E-state index is 9.27. The normalized spacial score (nSPS) is 11.7. The summed E-state index contributed by atoms with van der Waals surface area (Å²) in [5, 5.41) is 9.27. The summed E-state index contributed by atoms with van der Waals surface area (Å²) in [6.45, 7) is 2.03. The first-order valence-electron chi connectivity index (χ1n) is 5.98. The average Bonchev–Trinajstić information content (AvgIpc) is 3.03. The fourth-order valence-corrected chi connectivity index (χ4v) is 1.99. The number of benzene rings is 1. The van der Waals surface area contributed by atoms with Crippen molar-refractivity contribution in [2.24, 2.45) is 0 Å². The number of aromatic nitrogens is 3. The predicted octanol–water partition coefficient (Wildman–Crippen LogP) is 3.26. The predicted molar refractivity (Wildman–Crippen MR) is 75.1 cm³/mol. The molecule has 0 atom stereocenters. The number of hydrogen-bond acceptors (Lipinski definition) is 2. The van der Waals surface area contributed by atoms with Crippen molar-refractivity contribution in [1.82, 2.24) is 15.0 Å². The van der Waals surface area contributed by atoms with Crippen LogP contribution in [0.1, 0.15) is 17.1 Å². The zero-order chi connectivity index (χ0) is 13.2. The Morgan fingerprint density at radius 2 is 2.26 bits per heavy atom. The summed E-state index contributed by atoms with van der Waals surface area (Å²) in [5.41, 5.74) is 4.37. The van der Waals surface area contributed by atoms with Crippen LogP contribution in [0, 0.1) is 18.3 Å². The summed E-state index contributed by atoms with van der Waals surface area (Å²) in [6, 6.07) is 12.0. The van der Waals surface area contributed by atoms with E-state index in [2.05, 4.69) is 21.0 Å². The first kappa shape index (κ1) is 11.3. The minimum atomic E-state index is 0.510. The molecule has 2 aromatic heterocycles. The Labute approximate surface area is 110 Å². The van der Waals surface area contributed by atoms with Crippen molar-refractivity contribution in [1.29, 1.82) is 5.26 Å². The molecule has 0 aliphatic carbocycles. The van der Waals surface area contributed by atoms with Gasteiger partial charge in [-0.2, -0.15) is 5.26 Å². The van der Waals surface area contributed by atoms with Crippen LogP contribution in [-0.4, -0.2) is 15.0 Å². The highest BCUT2D eigenvalue weighted by Crippen LogP contribution is 2.19. The molecule has 0 amide bonds. The molecule has 92 valence electrons. The van der Waals surface area contributed by atoms with Crippen LogP contribution >= 0.6 is 0 Å². The highest BCUT2D eigenvalue weighted by molar-refractivity contribution is 5.89. The number of nitrogens with one attached hydrogen (secondary N) is 2. The van der Waals surface area contributed by atoms with Crippen molar-refractivity contribution < 1.29 is 0 Å². The van der Waals surface area contributed by atoms with Gasteiger partial charge in [0.25, 0.3) is 0 Å². The largest absolute Gasteiger partial charge is 0.362 e. The van der Waals surface area contributed by atoms with Gasteiger partial charge in [-0.1, -0.05) is 6.07 Å². The Morgan fingerprint density at radius 3 is 3.00 bits per heavy atom. The molecule has 2 N–H and O–H groups in total. The zero-order valence-electron chi connectivity index (χ0n) is 10.4. The fraction of sp³-hybridized carbons (Fsp3) is 0.0667. The first-order chi connectivity index (χ1) is 9.26. The molecule has 0 aliphatic rings. The summed E-state index contributed by atoms with van der Waals surface area (Å²) >= 11 is 0. The minimum absolute atomic E-state index is 0.510. The van der Waals surface area contributed by atoms with Gasteiger partial charge >= 0.3 is 0 Å². The summed E-state index contributed by atoms with van der Waals surface area (Å²) in [7, 11) is 0. The van der Waals surface area contributed by atoms with E-state index < -0.39 is 0 Å². The number of allylic oxidation sites excluding steroid dienone is 1. The molecule has 0 aliphatic heterocycles. The number of aromatic amines is 2. The third-order valence-corrected chi connectivity index (χ3v) is 2.93. The lowest BCUT2D eigenvalue weighted by Gasteiger charge is -1.92. The Hall–Kier alpha value is -2.80. The molecular formula is C15H12N4. The van der Waals surface area contributed by atoms with Crippen LogP contribution in [0.5, 0.6) is 0 Å². The Morgan fingerprint density at radius 1 is 1.37 bits per heavy atom. The molecule has 0 unspecified atom stereocenters. The lowest BCUT2D eigenvalue weighted by Crippen LogP contribution is -1.84. The Kier molecular flexibility index (Phi) is 2.66. The van der Waals surface area contributed by atoms with Crippen LogP contribution in [-0.2, 0) is 0 Å². The molecule has 2 heterocycles. The van der Waals surface area contributed by atoms with E-state index in [9.17, 15) is 5.26 Å². The second-order valence-electron chi connectivity index (χ2n) is 4.40. The van der Waals surface area contributed by atoms with Crippen molar-refractivity contribution in [3.05, 3.63) is 53.6 Å². The highest BCUT2D eigenvalue weighted by atomic mass is 14.9. The van der Waals surface area contributed by atoms with Gasteiger partial charge in [0, 0.05) is 11.9 Å². The van der Waals surface area contributed by atoms with E-state index in [0.717, 1.165) is 22.3 Å². The summed E-state index contributed by atoms with van der Waals surface area (Å²) in [5.74, 6) is 0.595. The van der Waals surface area contributed by atoms with Crippen molar-refractivity contribution >= 4 is 22.7 Å². The number of H-pyrrole nitrogens is 2. The smallest absolute Gasteiger partial charge is 0.149 e. The number of nitrogens with zero attached hydrogens (tertiary/aromatic N) is 2. The quantitative estimate of drug-likeness (QED) is 0.683. The van der Waals surface area contributed by atoms with Gasteiger partial charge in [-0.3, -0.25) is 0 Å². The molecule has 0 saturated carbocycles. The second-order valence-corrected chi connectivity index (χ2v) is 4.40. The molecule has 0 fully saturated rings. The van der Waals surface area contributed by atoms with E-state index in [0.29, 0.717) is 11.4 Å². The van der Waals surface area contributed by atoms with Gasteiger partial charge in [0.1, 0.15) is 11.9 Å². The van der Waals surface area contributed by atoms with Gasteiger partial charge in [-0.25, -0.2) is 4.98 Å². The van der Waals surface area contributed by atoms with E-state index in [1.165, 1.54) is 0 Å². The van der Waals surface area contributed by atoms with Crippen LogP contribution in [0.15, 0.2) is 36.5 Å². The van der Waals surface area contributed by atoms with Crippen molar-refractivity contribution in [3.8, 4) is 6.07 Å². The van der Waals surface area contributed by atoms with E-state index in [4.69, 9.17) is 0 Å². The summed E-state index contributed by atoms with van der Waals surface area (Å²) in [6.07, 6.45) is 3.60. The van der Waals surface area contributed by atoms with Gasteiger partial charge in [0.2, 0.25) is 0 Å². The lowest BCUT2D eigenvalue weighted by atomic mass is 10.2. The Bertz CT molecular complexity index is 785. The number of hydrogen-bond donors (Lipinski definition) is 2. The van der Waals surface area contributed by atoms with Crippen molar-refractivity contribution in [2.45, 2.75) is 6.92 Å². The third-order valence-electron chi connectivity index (χ3n) is 2.93. The molecule has 19 heavy (non-hydrogen) atoms. The molecule has 3 rings (SSSR count). The van der Waals surface area contributed by atoms with Crippen LogP contribution in [0.3, 0.4) is 0 Å². The fourth-order valence-electron chi connectivity index (χ4n) is 1.99. The lowest BCUT2D eigenvalue weighted by molar-refractivity contribution is 1.27. The Balaban J connectivity index is 2.10. The van der Waals surface area contributed by atoms with E-state index in [-0.39, 0.29) is 0 Å². The molecule has 4 heteroatoms. The van der Waals surface area contributed by atoms with Crippen LogP contribution in [0.25, 0.3) is 22.7 Å². The number of imidazole rings is 1. The van der Waals surface area contributed by atoms with Gasteiger partial charge in [-0.15, -0.1) is 0 Å². The second kappa shape index (κ2) is 4.46. The molecule has 3 aromatic rings. The van der Waals surface area contributed by atoms with Gasteiger partial charge < -0.3 is 9.97 Å². The SMILES string of the molecule is Cc1ccc2nc(/C(C#N)=C/c3ccc[nH]3)[nH]c2c1. The maximum atomic E-state index is 9.27. The van der Waals surface area contributed by atoms with Gasteiger partial charge in [-0.05, 0) is 42.8 Å². The van der Waals surface area contributed by atoms with E-state index in [1.807, 2.05) is 43.5 Å². The molecule has 0 bridgehead atoms. The number of nitriles is 1. The van der Waals surface area contributed by atoms with Crippen LogP contribution in [0.4, 0.5) is 0 Å². The van der Waals surface area contributed by atoms with Gasteiger partial charge in [0.05, 0.1) is 16.6 Å². The third kappa shape index (κ3) is 2.14. The highest BCUT2D eigenvalue weighted by Gasteiger charge is 2.08. The summed E-state index contributed by atoms with van der Waals surface area (Å²) < 4.78 is 0. The van der Waals surface area contributed by atoms with Crippen LogP contribution < -0.4 is 0 Å². The topological polar surface area (TPSA) is 68.3 Å². The van der Waals surface area contributed by atoms with Crippen molar-refractivity contribution in [2.75, 3.05) is 0 Å². The van der Waals surface area contributed by atoms with E-state index in [1.54, 1.807) is 6.08 Å². The number of rotatable bonds is 2. The van der Waals surface area contributed by atoms with Crippen molar-refractivity contribution in [3.63, 3.8) is 0 Å². The monoisotopic (exact) mass is 248 g/mol. The number of aryl methyl sites for hydroxylation is 1. The molecule has 4 nitrogen and oxygen atoms in total. The minimum Gasteiger partial charge on any atom is -0.362 e.